The summed E-state index contributed by atoms with van der Waals surface area (Å²) in [6.45, 7) is 9.81. The number of hydroxylamine groups is 1. The fraction of sp³-hybridized carbons (Fsp3) is 0.667. The predicted molar refractivity (Wildman–Crippen MR) is 169 cm³/mol. The second-order valence-electron chi connectivity index (χ2n) is 13.3. The quantitative estimate of drug-likeness (QED) is 0.224. The average molecular weight is 664 g/mol. The van der Waals surface area contributed by atoms with Crippen LogP contribution in [-0.4, -0.2) is 90.5 Å². The number of halogens is 1. The maximum atomic E-state index is 14.0. The van der Waals surface area contributed by atoms with E-state index in [9.17, 15) is 24.6 Å². The van der Waals surface area contributed by atoms with Gasteiger partial charge in [-0.05, 0) is 56.1 Å². The highest BCUT2D eigenvalue weighted by molar-refractivity contribution is 6.33. The number of fused-ring (bicyclic) bond motifs is 4. The van der Waals surface area contributed by atoms with Crippen molar-refractivity contribution >= 4 is 35.3 Å². The summed E-state index contributed by atoms with van der Waals surface area (Å²) in [5, 5.41) is 29.4. The number of carbonyl (C=O) groups is 3. The molecule has 4 aliphatic rings. The Bertz CT molecular complexity index is 1390. The van der Waals surface area contributed by atoms with Gasteiger partial charge in [-0.25, -0.2) is 4.79 Å². The molecule has 1 saturated heterocycles. The lowest BCUT2D eigenvalue weighted by atomic mass is 9.55. The van der Waals surface area contributed by atoms with Gasteiger partial charge in [0, 0.05) is 45.0 Å². The molecule has 12 nitrogen and oxygen atoms in total. The van der Waals surface area contributed by atoms with Gasteiger partial charge in [0.05, 0.1) is 17.8 Å². The second-order valence-corrected chi connectivity index (χ2v) is 13.7. The highest BCUT2D eigenvalue weighted by Crippen LogP contribution is 2.53. The van der Waals surface area contributed by atoms with Crippen molar-refractivity contribution in [3.8, 4) is 0 Å². The molecule has 1 amide bonds. The van der Waals surface area contributed by atoms with Crippen LogP contribution in [-0.2, 0) is 34.2 Å². The summed E-state index contributed by atoms with van der Waals surface area (Å²) in [4.78, 5) is 46.2. The van der Waals surface area contributed by atoms with Crippen LogP contribution in [0.2, 0.25) is 5.02 Å². The van der Waals surface area contributed by atoms with E-state index in [4.69, 9.17) is 30.6 Å². The molecule has 0 aromatic heterocycles. The summed E-state index contributed by atoms with van der Waals surface area (Å²) < 4.78 is 16.9. The smallest absolute Gasteiger partial charge is 0.409 e. The lowest BCUT2D eigenvalue weighted by Gasteiger charge is -2.56. The van der Waals surface area contributed by atoms with Gasteiger partial charge in [0.2, 0.25) is 0 Å². The molecular formula is C33H46ClN3O9. The van der Waals surface area contributed by atoms with Gasteiger partial charge in [-0.3, -0.25) is 24.8 Å². The van der Waals surface area contributed by atoms with E-state index >= 15 is 0 Å². The van der Waals surface area contributed by atoms with Crippen LogP contribution >= 0.6 is 11.6 Å². The summed E-state index contributed by atoms with van der Waals surface area (Å²) >= 11 is 6.43. The normalized spacial score (nSPS) is 35.6. The molecule has 46 heavy (non-hydrogen) atoms. The summed E-state index contributed by atoms with van der Waals surface area (Å²) in [5.74, 6) is -2.18. The minimum atomic E-state index is -1.59. The SMILES string of the molecule is CCN(CC(C)C1CCC(C)C2(O)C1C=C(C)C(OC(C)=O)C2OC(=O)[C@@H]1C[C@@]2(O)c3cccc(Cl)c3N(C)O[C@H]2N1)C(=O)OC. The number of aliphatic hydroxyl groups is 2. The van der Waals surface area contributed by atoms with Crippen LogP contribution < -0.4 is 10.4 Å². The Morgan fingerprint density at radius 3 is 2.61 bits per heavy atom. The van der Waals surface area contributed by atoms with Gasteiger partial charge in [0.15, 0.2) is 18.4 Å². The Morgan fingerprint density at radius 1 is 1.24 bits per heavy atom. The first-order valence-corrected chi connectivity index (χ1v) is 16.3. The van der Waals surface area contributed by atoms with Crippen LogP contribution in [0.25, 0.3) is 0 Å². The van der Waals surface area contributed by atoms with E-state index in [2.05, 4.69) is 5.32 Å². The number of nitrogens with one attached hydrogen (secondary N) is 1. The van der Waals surface area contributed by atoms with E-state index in [0.29, 0.717) is 41.4 Å². The van der Waals surface area contributed by atoms with Crippen molar-refractivity contribution in [1.82, 2.24) is 10.2 Å². The van der Waals surface area contributed by atoms with Gasteiger partial charge in [0.1, 0.15) is 17.2 Å². The Morgan fingerprint density at radius 2 is 1.96 bits per heavy atom. The highest BCUT2D eigenvalue weighted by atomic mass is 35.5. The number of para-hydroxylation sites is 1. The van der Waals surface area contributed by atoms with Crippen LogP contribution in [0.15, 0.2) is 29.8 Å². The largest absolute Gasteiger partial charge is 0.454 e. The van der Waals surface area contributed by atoms with Crippen molar-refractivity contribution in [2.24, 2.45) is 23.7 Å². The average Bonchev–Trinajstić information content (AvgIpc) is 3.36. The first-order chi connectivity index (χ1) is 21.7. The predicted octanol–water partition coefficient (Wildman–Crippen LogP) is 3.52. The van der Waals surface area contributed by atoms with Crippen LogP contribution in [0, 0.1) is 23.7 Å². The van der Waals surface area contributed by atoms with Gasteiger partial charge >= 0.3 is 18.0 Å². The Balaban J connectivity index is 1.45. The molecule has 2 aliphatic carbocycles. The molecule has 7 unspecified atom stereocenters. The molecule has 2 aliphatic heterocycles. The fourth-order valence-corrected chi connectivity index (χ4v) is 8.40. The first kappa shape index (κ1) is 34.4. The summed E-state index contributed by atoms with van der Waals surface area (Å²) in [6.07, 6.45) is -0.357. The number of amides is 1. The number of benzene rings is 1. The topological polar surface area (TPSA) is 147 Å². The van der Waals surface area contributed by atoms with Gasteiger partial charge in [0.25, 0.3) is 0 Å². The molecule has 1 aromatic carbocycles. The van der Waals surface area contributed by atoms with E-state index in [1.165, 1.54) is 19.1 Å². The van der Waals surface area contributed by atoms with Crippen LogP contribution in [0.3, 0.4) is 0 Å². The molecule has 254 valence electrons. The summed E-state index contributed by atoms with van der Waals surface area (Å²) in [7, 11) is 3.02. The number of carbonyl (C=O) groups excluding carboxylic acids is 3. The zero-order valence-corrected chi connectivity index (χ0v) is 28.2. The van der Waals surface area contributed by atoms with Crippen molar-refractivity contribution in [2.45, 2.75) is 89.6 Å². The van der Waals surface area contributed by atoms with Crippen molar-refractivity contribution in [1.29, 1.82) is 0 Å². The number of hydrogen-bond donors (Lipinski definition) is 3. The Hall–Kier alpha value is -2.90. The summed E-state index contributed by atoms with van der Waals surface area (Å²) in [6, 6.07) is 4.15. The van der Waals surface area contributed by atoms with Crippen LogP contribution in [0.5, 0.6) is 0 Å². The van der Waals surface area contributed by atoms with E-state index in [1.54, 1.807) is 37.1 Å². The number of rotatable bonds is 7. The number of methoxy groups -OCH3 is 1. The number of hydrogen-bond acceptors (Lipinski definition) is 11. The minimum absolute atomic E-state index is 0.0383. The van der Waals surface area contributed by atoms with Gasteiger partial charge < -0.3 is 29.3 Å². The van der Waals surface area contributed by atoms with E-state index in [-0.39, 0.29) is 24.2 Å². The molecular weight excluding hydrogens is 618 g/mol. The fourth-order valence-electron chi connectivity index (χ4n) is 8.10. The molecule has 1 aromatic rings. The van der Waals surface area contributed by atoms with Crippen molar-refractivity contribution in [3.05, 3.63) is 40.4 Å². The second kappa shape index (κ2) is 13.0. The lowest BCUT2D eigenvalue weighted by Crippen LogP contribution is -2.66. The van der Waals surface area contributed by atoms with Crippen molar-refractivity contribution in [2.75, 3.05) is 32.3 Å². The van der Waals surface area contributed by atoms with Gasteiger partial charge in [-0.1, -0.05) is 43.7 Å². The Labute approximate surface area is 274 Å². The molecule has 0 radical (unpaired) electrons. The van der Waals surface area contributed by atoms with Gasteiger partial charge in [-0.15, -0.1) is 0 Å². The maximum absolute atomic E-state index is 14.0. The molecule has 2 heterocycles. The van der Waals surface area contributed by atoms with Crippen molar-refractivity contribution < 1.29 is 43.6 Å². The van der Waals surface area contributed by atoms with Crippen LogP contribution in [0.1, 0.15) is 59.4 Å². The molecule has 0 spiro atoms. The molecule has 13 heteroatoms. The van der Waals surface area contributed by atoms with E-state index < -0.39 is 59.6 Å². The third kappa shape index (κ3) is 5.76. The van der Waals surface area contributed by atoms with Crippen LogP contribution in [0.4, 0.5) is 10.5 Å². The number of anilines is 1. The van der Waals surface area contributed by atoms with E-state index in [0.717, 1.165) is 6.42 Å². The molecule has 5 rings (SSSR count). The highest BCUT2D eigenvalue weighted by Gasteiger charge is 2.62. The number of nitrogens with zero attached hydrogens (tertiary/aromatic N) is 2. The Kier molecular flexibility index (Phi) is 9.70. The summed E-state index contributed by atoms with van der Waals surface area (Å²) in [5.41, 5.74) is -1.50. The molecule has 10 atom stereocenters. The minimum Gasteiger partial charge on any atom is -0.454 e. The zero-order chi connectivity index (χ0) is 33.7. The van der Waals surface area contributed by atoms with E-state index in [1.807, 2.05) is 26.8 Å². The standard InChI is InChI=1S/C33H46ClN3O9/c1-8-37(31(40)43-7)16-18(3)21-13-12-19(4)33(42)23(21)14-17(2)27(44-20(5)38)28(33)45-29(39)25-15-32(41)22-10-9-11-24(34)26(22)36(6)46-30(32)35-25/h9-11,14,18-19,21,23,25,27-28,30,35,41-42H,8,12-13,15-16H2,1-7H3/t18?,19?,21?,23?,25-,27?,28?,30+,32+,33?/m0/s1. The molecule has 1 saturated carbocycles. The lowest BCUT2D eigenvalue weighted by molar-refractivity contribution is -0.225. The van der Waals surface area contributed by atoms with Crippen molar-refractivity contribution in [3.63, 3.8) is 0 Å². The molecule has 0 bridgehead atoms. The first-order valence-electron chi connectivity index (χ1n) is 16.0. The zero-order valence-electron chi connectivity index (χ0n) is 27.5. The van der Waals surface area contributed by atoms with Gasteiger partial charge in [-0.2, -0.15) is 0 Å². The number of esters is 2. The monoisotopic (exact) mass is 663 g/mol. The maximum Gasteiger partial charge on any atom is 0.409 e. The third-order valence-electron chi connectivity index (χ3n) is 10.5. The third-order valence-corrected chi connectivity index (χ3v) is 10.9. The molecule has 2 fully saturated rings. The number of ether oxygens (including phenoxy) is 3. The molecule has 3 N–H and O–H groups in total.